The Morgan fingerprint density at radius 2 is 2.20 bits per heavy atom. The molecule has 1 unspecified atom stereocenters. The zero-order valence-electron chi connectivity index (χ0n) is 11.7. The molecule has 6 heteroatoms. The van der Waals surface area contributed by atoms with E-state index in [1.165, 1.54) is 31.0 Å². The number of benzene rings is 1. The van der Waals surface area contributed by atoms with Gasteiger partial charge in [-0.05, 0) is 31.4 Å². The number of nitrogens with zero attached hydrogens (tertiary/aromatic N) is 1. The lowest BCUT2D eigenvalue weighted by atomic mass is 10.1. The smallest absolute Gasteiger partial charge is 0.292 e. The molecule has 1 aromatic rings. The highest BCUT2D eigenvalue weighted by Crippen LogP contribution is 2.33. The monoisotopic (exact) mass is 277 g/mol. The molecule has 1 saturated carbocycles. The minimum Gasteiger partial charge on any atom is -0.383 e. The van der Waals surface area contributed by atoms with E-state index in [0.29, 0.717) is 11.3 Å². The molecule has 0 aliphatic heterocycles. The molecule has 1 fully saturated rings. The number of carbonyl (C=O) groups excluding carboxylic acids is 1. The van der Waals surface area contributed by atoms with E-state index in [1.54, 1.807) is 7.05 Å². The number of nitro benzene ring substituents is 1. The molecule has 1 aliphatic rings. The lowest BCUT2D eigenvalue weighted by Crippen LogP contribution is -2.32. The first-order valence-electron chi connectivity index (χ1n) is 6.78. The Morgan fingerprint density at radius 1 is 1.50 bits per heavy atom. The van der Waals surface area contributed by atoms with Gasteiger partial charge in [-0.2, -0.15) is 0 Å². The number of rotatable bonds is 6. The number of hydrogen-bond donors (Lipinski definition) is 2. The van der Waals surface area contributed by atoms with Crippen molar-refractivity contribution in [2.45, 2.75) is 32.2 Å². The van der Waals surface area contributed by atoms with Crippen molar-refractivity contribution in [3.05, 3.63) is 33.9 Å². The predicted octanol–water partition coefficient (Wildman–Crippen LogP) is 2.55. The van der Waals surface area contributed by atoms with Gasteiger partial charge in [-0.25, -0.2) is 0 Å². The summed E-state index contributed by atoms with van der Waals surface area (Å²) in [4.78, 5) is 22.5. The van der Waals surface area contributed by atoms with Crippen LogP contribution in [0.2, 0.25) is 0 Å². The third-order valence-corrected chi connectivity index (χ3v) is 3.49. The first-order valence-corrected chi connectivity index (χ1v) is 6.78. The Hall–Kier alpha value is -2.11. The molecule has 1 aliphatic carbocycles. The van der Waals surface area contributed by atoms with Crippen LogP contribution in [0.1, 0.15) is 36.5 Å². The summed E-state index contributed by atoms with van der Waals surface area (Å²) in [7, 11) is 1.60. The second kappa shape index (κ2) is 5.90. The molecule has 0 heterocycles. The lowest BCUT2D eigenvalue weighted by Gasteiger charge is -2.13. The first kappa shape index (κ1) is 14.3. The SMILES string of the molecule is CNc1cc(C(=O)NC(C)CC2CC2)ccc1[N+](=O)[O-]. The first-order chi connectivity index (χ1) is 9.51. The maximum atomic E-state index is 12.1. The lowest BCUT2D eigenvalue weighted by molar-refractivity contribution is -0.383. The van der Waals surface area contributed by atoms with Crippen LogP contribution in [0, 0.1) is 16.0 Å². The third-order valence-electron chi connectivity index (χ3n) is 3.49. The van der Waals surface area contributed by atoms with Crippen LogP contribution in [-0.2, 0) is 0 Å². The molecule has 0 saturated heterocycles. The molecule has 2 rings (SSSR count). The topological polar surface area (TPSA) is 84.3 Å². The molecule has 108 valence electrons. The van der Waals surface area contributed by atoms with Crippen molar-refractivity contribution in [2.75, 3.05) is 12.4 Å². The largest absolute Gasteiger partial charge is 0.383 e. The summed E-state index contributed by atoms with van der Waals surface area (Å²) in [5, 5.41) is 16.5. The van der Waals surface area contributed by atoms with Gasteiger partial charge >= 0.3 is 0 Å². The zero-order valence-corrected chi connectivity index (χ0v) is 11.7. The number of hydrogen-bond acceptors (Lipinski definition) is 4. The minimum atomic E-state index is -0.469. The average Bonchev–Trinajstić information content (AvgIpc) is 3.21. The van der Waals surface area contributed by atoms with Crippen LogP contribution in [0.5, 0.6) is 0 Å². The van der Waals surface area contributed by atoms with E-state index in [1.807, 2.05) is 6.92 Å². The number of nitro groups is 1. The van der Waals surface area contributed by atoms with E-state index < -0.39 is 4.92 Å². The number of amides is 1. The highest BCUT2D eigenvalue weighted by Gasteiger charge is 2.24. The summed E-state index contributed by atoms with van der Waals surface area (Å²) in [5.41, 5.74) is 0.746. The molecule has 6 nitrogen and oxygen atoms in total. The molecule has 0 radical (unpaired) electrons. The predicted molar refractivity (Wildman–Crippen MR) is 76.9 cm³/mol. The highest BCUT2D eigenvalue weighted by molar-refractivity contribution is 5.96. The van der Waals surface area contributed by atoms with Crippen LogP contribution < -0.4 is 10.6 Å². The highest BCUT2D eigenvalue weighted by atomic mass is 16.6. The van der Waals surface area contributed by atoms with Crippen LogP contribution >= 0.6 is 0 Å². The maximum Gasteiger partial charge on any atom is 0.292 e. The molecular weight excluding hydrogens is 258 g/mol. The van der Waals surface area contributed by atoms with Crippen LogP contribution in [0.25, 0.3) is 0 Å². The fraction of sp³-hybridized carbons (Fsp3) is 0.500. The summed E-state index contributed by atoms with van der Waals surface area (Å²) >= 11 is 0. The Bertz CT molecular complexity index is 526. The van der Waals surface area contributed by atoms with Gasteiger partial charge in [-0.3, -0.25) is 14.9 Å². The molecule has 1 aromatic carbocycles. The van der Waals surface area contributed by atoms with Crippen molar-refractivity contribution in [1.82, 2.24) is 5.32 Å². The summed E-state index contributed by atoms with van der Waals surface area (Å²) < 4.78 is 0. The summed E-state index contributed by atoms with van der Waals surface area (Å²) in [6, 6.07) is 4.48. The van der Waals surface area contributed by atoms with E-state index in [4.69, 9.17) is 0 Å². The Morgan fingerprint density at radius 3 is 2.75 bits per heavy atom. The van der Waals surface area contributed by atoms with Crippen molar-refractivity contribution >= 4 is 17.3 Å². The quantitative estimate of drug-likeness (QED) is 0.618. The Labute approximate surface area is 117 Å². The Kier molecular flexibility index (Phi) is 4.22. The molecule has 0 spiro atoms. The van der Waals surface area contributed by atoms with E-state index in [2.05, 4.69) is 10.6 Å². The van der Waals surface area contributed by atoms with Gasteiger partial charge in [0.1, 0.15) is 5.69 Å². The van der Waals surface area contributed by atoms with E-state index in [-0.39, 0.29) is 17.6 Å². The van der Waals surface area contributed by atoms with Gasteiger partial charge in [0.05, 0.1) is 4.92 Å². The normalized spacial score (nSPS) is 15.5. The second-order valence-corrected chi connectivity index (χ2v) is 5.29. The fourth-order valence-electron chi connectivity index (χ4n) is 2.26. The molecule has 2 N–H and O–H groups in total. The van der Waals surface area contributed by atoms with Crippen LogP contribution in [-0.4, -0.2) is 23.9 Å². The average molecular weight is 277 g/mol. The second-order valence-electron chi connectivity index (χ2n) is 5.29. The van der Waals surface area contributed by atoms with Crippen molar-refractivity contribution in [3.63, 3.8) is 0 Å². The van der Waals surface area contributed by atoms with Crippen LogP contribution in [0.4, 0.5) is 11.4 Å². The standard InChI is InChI=1S/C14H19N3O3/c1-9(7-10-3-4-10)16-14(18)11-5-6-13(17(19)20)12(8-11)15-2/h5-6,8-10,15H,3-4,7H2,1-2H3,(H,16,18). The van der Waals surface area contributed by atoms with E-state index in [0.717, 1.165) is 12.3 Å². The van der Waals surface area contributed by atoms with Crippen molar-refractivity contribution in [3.8, 4) is 0 Å². The zero-order chi connectivity index (χ0) is 14.7. The van der Waals surface area contributed by atoms with Gasteiger partial charge < -0.3 is 10.6 Å². The van der Waals surface area contributed by atoms with E-state index >= 15 is 0 Å². The molecule has 1 amide bonds. The molecule has 0 bridgehead atoms. The van der Waals surface area contributed by atoms with Crippen molar-refractivity contribution in [1.29, 1.82) is 0 Å². The van der Waals surface area contributed by atoms with E-state index in [9.17, 15) is 14.9 Å². The summed E-state index contributed by atoms with van der Waals surface area (Å²) in [6.07, 6.45) is 3.50. The number of anilines is 1. The van der Waals surface area contributed by atoms with Gasteiger partial charge in [0.2, 0.25) is 0 Å². The minimum absolute atomic E-state index is 0.0323. The van der Waals surface area contributed by atoms with Gasteiger partial charge in [-0.15, -0.1) is 0 Å². The van der Waals surface area contributed by atoms with Crippen LogP contribution in [0.3, 0.4) is 0 Å². The third kappa shape index (κ3) is 3.46. The maximum absolute atomic E-state index is 12.1. The van der Waals surface area contributed by atoms with Gasteiger partial charge in [0.15, 0.2) is 0 Å². The molecule has 20 heavy (non-hydrogen) atoms. The van der Waals surface area contributed by atoms with Gasteiger partial charge in [-0.1, -0.05) is 12.8 Å². The molecule has 0 aromatic heterocycles. The number of carbonyl (C=O) groups is 1. The van der Waals surface area contributed by atoms with Gasteiger partial charge in [0.25, 0.3) is 11.6 Å². The molecule has 1 atom stereocenters. The number of nitrogens with one attached hydrogen (secondary N) is 2. The van der Waals surface area contributed by atoms with Crippen molar-refractivity contribution < 1.29 is 9.72 Å². The summed E-state index contributed by atoms with van der Waals surface area (Å²) in [6.45, 7) is 1.99. The van der Waals surface area contributed by atoms with Gasteiger partial charge in [0, 0.05) is 24.7 Å². The Balaban J connectivity index is 2.07. The van der Waals surface area contributed by atoms with Crippen molar-refractivity contribution in [2.24, 2.45) is 5.92 Å². The molecular formula is C14H19N3O3. The fourth-order valence-corrected chi connectivity index (χ4v) is 2.26. The van der Waals surface area contributed by atoms with Crippen LogP contribution in [0.15, 0.2) is 18.2 Å². The summed E-state index contributed by atoms with van der Waals surface area (Å²) in [5.74, 6) is 0.555.